The highest BCUT2D eigenvalue weighted by atomic mass is 15.0. The summed E-state index contributed by atoms with van der Waals surface area (Å²) in [6, 6.07) is 64.9. The predicted octanol–water partition coefficient (Wildman–Crippen LogP) is 13.1. The van der Waals surface area contributed by atoms with Crippen molar-refractivity contribution in [1.82, 2.24) is 19.4 Å². The van der Waals surface area contributed by atoms with Crippen molar-refractivity contribution in [2.75, 3.05) is 0 Å². The average molecular weight is 699 g/mol. The number of nitrogens with zero attached hydrogens (tertiary/aromatic N) is 4. The Labute approximate surface area is 316 Å². The van der Waals surface area contributed by atoms with Gasteiger partial charge in [-0.15, -0.1) is 0 Å². The largest absolute Gasteiger partial charge is 0.308 e. The number of aromatic nitrogens is 4. The molecule has 3 aromatic heterocycles. The molecule has 254 valence electrons. The third kappa shape index (κ3) is 4.37. The van der Waals surface area contributed by atoms with Crippen LogP contribution < -0.4 is 0 Å². The van der Waals surface area contributed by atoms with Crippen LogP contribution in [0.5, 0.6) is 0 Å². The van der Waals surface area contributed by atoms with Gasteiger partial charge in [-0.2, -0.15) is 0 Å². The topological polar surface area (TPSA) is 43.1 Å². The molecule has 0 amide bonds. The van der Waals surface area contributed by atoms with E-state index in [1.54, 1.807) is 0 Å². The zero-order valence-electron chi connectivity index (χ0n) is 29.6. The van der Waals surface area contributed by atoms with E-state index in [0.717, 1.165) is 22.1 Å². The van der Waals surface area contributed by atoms with Crippen molar-refractivity contribution in [3.8, 4) is 45.3 Å². The maximum atomic E-state index is 5.22. The predicted molar refractivity (Wildman–Crippen MR) is 229 cm³/mol. The molecule has 0 spiro atoms. The molecule has 0 radical (unpaired) electrons. The van der Waals surface area contributed by atoms with Crippen molar-refractivity contribution in [1.29, 1.82) is 0 Å². The van der Waals surface area contributed by atoms with Crippen LogP contribution in [0.4, 0.5) is 0 Å². The van der Waals surface area contributed by atoms with E-state index in [4.69, 9.17) is 15.0 Å². The Morgan fingerprint density at radius 1 is 0.291 bits per heavy atom. The molecule has 0 atom stereocenters. The summed E-state index contributed by atoms with van der Waals surface area (Å²) in [6.07, 6.45) is 0. The number of rotatable bonds is 4. The molecule has 0 N–H and O–H groups in total. The first-order valence-electron chi connectivity index (χ1n) is 18.7. The lowest BCUT2D eigenvalue weighted by Gasteiger charge is -2.18. The average Bonchev–Trinajstić information content (AvgIpc) is 3.79. The van der Waals surface area contributed by atoms with Gasteiger partial charge in [-0.05, 0) is 62.3 Å². The molecular formula is C51H30N4. The Bertz CT molecular complexity index is 3420. The van der Waals surface area contributed by atoms with E-state index in [1.807, 2.05) is 36.4 Å². The fraction of sp³-hybridized carbons (Fsp3) is 0. The zero-order chi connectivity index (χ0) is 36.0. The molecule has 0 saturated heterocycles. The second-order valence-corrected chi connectivity index (χ2v) is 14.3. The van der Waals surface area contributed by atoms with Crippen molar-refractivity contribution in [3.05, 3.63) is 182 Å². The van der Waals surface area contributed by atoms with E-state index in [9.17, 15) is 0 Å². The van der Waals surface area contributed by atoms with Crippen LogP contribution in [0, 0.1) is 0 Å². The van der Waals surface area contributed by atoms with Gasteiger partial charge in [0.05, 0.1) is 16.6 Å². The number of hydrogen-bond acceptors (Lipinski definition) is 3. The molecule has 12 aromatic rings. The third-order valence-corrected chi connectivity index (χ3v) is 11.4. The normalized spacial score (nSPS) is 12.0. The van der Waals surface area contributed by atoms with Gasteiger partial charge < -0.3 is 4.40 Å². The summed E-state index contributed by atoms with van der Waals surface area (Å²) in [5.74, 6) is 1.95. The van der Waals surface area contributed by atoms with Gasteiger partial charge in [0.2, 0.25) is 0 Å². The Kier molecular flexibility index (Phi) is 6.31. The van der Waals surface area contributed by atoms with E-state index < -0.39 is 0 Å². The minimum absolute atomic E-state index is 0.649. The molecule has 12 rings (SSSR count). The van der Waals surface area contributed by atoms with Gasteiger partial charge in [-0.1, -0.05) is 158 Å². The van der Waals surface area contributed by atoms with Crippen LogP contribution in [0.3, 0.4) is 0 Å². The molecule has 9 aromatic carbocycles. The lowest BCUT2D eigenvalue weighted by Crippen LogP contribution is -2.01. The van der Waals surface area contributed by atoms with Gasteiger partial charge in [-0.25, -0.2) is 15.0 Å². The molecule has 0 unspecified atom stereocenters. The van der Waals surface area contributed by atoms with E-state index in [0.29, 0.717) is 17.5 Å². The summed E-state index contributed by atoms with van der Waals surface area (Å²) in [5.41, 5.74) is 8.98. The number of para-hydroxylation sites is 2. The molecule has 0 fully saturated rings. The molecule has 0 saturated carbocycles. The molecule has 3 heterocycles. The SMILES string of the molecule is c1ccc(-c2nc(-c3ccccc3)nc(-c3ccc(-c4ccc5c(c4)c4cccc6c7ccccc7n5c64)c4c5ccccc5c5ccccc5c34)n2)cc1. The fourth-order valence-electron chi connectivity index (χ4n) is 8.99. The van der Waals surface area contributed by atoms with Crippen LogP contribution in [0.1, 0.15) is 0 Å². The number of fused-ring (bicyclic) bond motifs is 12. The first-order chi connectivity index (χ1) is 27.3. The minimum Gasteiger partial charge on any atom is -0.308 e. The van der Waals surface area contributed by atoms with E-state index in [2.05, 4.69) is 150 Å². The maximum Gasteiger partial charge on any atom is 0.164 e. The molecule has 0 bridgehead atoms. The number of hydrogen-bond donors (Lipinski definition) is 0. The second-order valence-electron chi connectivity index (χ2n) is 14.3. The van der Waals surface area contributed by atoms with Gasteiger partial charge in [-0.3, -0.25) is 0 Å². The van der Waals surface area contributed by atoms with E-state index in [-0.39, 0.29) is 0 Å². The molecule has 4 heteroatoms. The summed E-state index contributed by atoms with van der Waals surface area (Å²) in [4.78, 5) is 15.5. The van der Waals surface area contributed by atoms with Gasteiger partial charge in [0.15, 0.2) is 17.5 Å². The lowest BCUT2D eigenvalue weighted by molar-refractivity contribution is 1.08. The maximum absolute atomic E-state index is 5.22. The molecule has 0 aliphatic heterocycles. The summed E-state index contributed by atoms with van der Waals surface area (Å²) in [7, 11) is 0. The van der Waals surface area contributed by atoms with Crippen LogP contribution in [0.25, 0.3) is 116 Å². The number of benzene rings is 9. The molecular weight excluding hydrogens is 669 g/mol. The summed E-state index contributed by atoms with van der Waals surface area (Å²) in [6.45, 7) is 0. The van der Waals surface area contributed by atoms with Crippen LogP contribution in [0.15, 0.2) is 182 Å². The third-order valence-electron chi connectivity index (χ3n) is 11.4. The summed E-state index contributed by atoms with van der Waals surface area (Å²) in [5, 5.41) is 12.2. The zero-order valence-corrected chi connectivity index (χ0v) is 29.6. The lowest BCUT2D eigenvalue weighted by atomic mass is 9.86. The van der Waals surface area contributed by atoms with Gasteiger partial charge in [0.25, 0.3) is 0 Å². The van der Waals surface area contributed by atoms with Crippen molar-refractivity contribution in [3.63, 3.8) is 0 Å². The van der Waals surface area contributed by atoms with Gasteiger partial charge in [0.1, 0.15) is 0 Å². The smallest absolute Gasteiger partial charge is 0.164 e. The first kappa shape index (κ1) is 30.1. The monoisotopic (exact) mass is 698 g/mol. The molecule has 0 aliphatic rings. The summed E-state index contributed by atoms with van der Waals surface area (Å²) >= 11 is 0. The van der Waals surface area contributed by atoms with Crippen LogP contribution in [-0.4, -0.2) is 19.4 Å². The summed E-state index contributed by atoms with van der Waals surface area (Å²) < 4.78 is 2.44. The standard InChI is InChI=1S/C51H30N4/c1-3-14-31(15-4-1)49-52-50(32-16-5-2-6-17-32)54-51(53-49)42-28-27-34(46-38-21-9-7-18-35(38)36-19-8-10-22-39(36)47(42)46)33-26-29-45-43(30-33)41-24-13-23-40-37-20-11-12-25-44(37)55(45)48(40)41/h1-30H. The van der Waals surface area contributed by atoms with Gasteiger partial charge >= 0.3 is 0 Å². The van der Waals surface area contributed by atoms with Crippen LogP contribution in [0.2, 0.25) is 0 Å². The Hall–Kier alpha value is -7.43. The molecule has 4 nitrogen and oxygen atoms in total. The highest BCUT2D eigenvalue weighted by Crippen LogP contribution is 2.46. The van der Waals surface area contributed by atoms with Crippen LogP contribution in [-0.2, 0) is 0 Å². The highest BCUT2D eigenvalue weighted by molar-refractivity contribution is 6.31. The van der Waals surface area contributed by atoms with Crippen molar-refractivity contribution in [2.24, 2.45) is 0 Å². The van der Waals surface area contributed by atoms with E-state index >= 15 is 0 Å². The Morgan fingerprint density at radius 3 is 1.42 bits per heavy atom. The minimum atomic E-state index is 0.649. The quantitative estimate of drug-likeness (QED) is 0.172. The highest BCUT2D eigenvalue weighted by Gasteiger charge is 2.22. The Balaban J connectivity index is 1.19. The van der Waals surface area contributed by atoms with Crippen molar-refractivity contribution < 1.29 is 0 Å². The Morgan fingerprint density at radius 2 is 0.764 bits per heavy atom. The second kappa shape index (κ2) is 11.5. The van der Waals surface area contributed by atoms with Crippen molar-refractivity contribution in [2.45, 2.75) is 0 Å². The molecule has 55 heavy (non-hydrogen) atoms. The molecule has 0 aliphatic carbocycles. The van der Waals surface area contributed by atoms with Crippen LogP contribution >= 0.6 is 0 Å². The van der Waals surface area contributed by atoms with Gasteiger partial charge in [0, 0.05) is 43.6 Å². The first-order valence-corrected chi connectivity index (χ1v) is 18.7. The van der Waals surface area contributed by atoms with Crippen molar-refractivity contribution >= 4 is 70.4 Å². The fourth-order valence-corrected chi connectivity index (χ4v) is 8.99. The van der Waals surface area contributed by atoms with E-state index in [1.165, 1.54) is 76.2 Å².